The predicted octanol–water partition coefficient (Wildman–Crippen LogP) is 3.65. The molecule has 0 aliphatic carbocycles. The molecule has 0 unspecified atom stereocenters. The van der Waals surface area contributed by atoms with E-state index >= 15 is 0 Å². The Morgan fingerprint density at radius 2 is 2.14 bits per heavy atom. The number of aryl methyl sites for hydroxylation is 1. The van der Waals surface area contributed by atoms with Gasteiger partial charge >= 0.3 is 5.91 Å². The fraction of sp³-hybridized carbons (Fsp3) is 0.118. The van der Waals surface area contributed by atoms with E-state index in [9.17, 15) is 4.79 Å². The monoisotopic (exact) mass is 294 g/mol. The highest BCUT2D eigenvalue weighted by Gasteiger charge is 2.16. The lowest BCUT2D eigenvalue weighted by Crippen LogP contribution is -1.91. The number of aromatic nitrogens is 1. The van der Waals surface area contributed by atoms with Crippen LogP contribution in [0.3, 0.4) is 0 Å². The smallest absolute Gasteiger partial charge is 0.315 e. The molecule has 22 heavy (non-hydrogen) atoms. The third-order valence-electron chi connectivity index (χ3n) is 3.21. The lowest BCUT2D eigenvalue weighted by atomic mass is 10.1. The van der Waals surface area contributed by atoms with E-state index in [-0.39, 0.29) is 5.76 Å². The van der Waals surface area contributed by atoms with Gasteiger partial charge in [-0.3, -0.25) is 9.78 Å². The SMILES string of the molecule is C/C=C\C=C/c1c(C)ncc2cc(/C=C3\OC=NC3=O)oc12. The van der Waals surface area contributed by atoms with Gasteiger partial charge in [0, 0.05) is 28.9 Å². The van der Waals surface area contributed by atoms with Gasteiger partial charge in [-0.25, -0.2) is 0 Å². The summed E-state index contributed by atoms with van der Waals surface area (Å²) in [6.07, 6.45) is 12.2. The van der Waals surface area contributed by atoms with Crippen molar-refractivity contribution >= 4 is 35.4 Å². The minimum atomic E-state index is -0.414. The number of pyridine rings is 1. The van der Waals surface area contributed by atoms with Gasteiger partial charge < -0.3 is 9.15 Å². The second-order valence-corrected chi connectivity index (χ2v) is 4.74. The van der Waals surface area contributed by atoms with Gasteiger partial charge in [0.15, 0.2) is 12.2 Å². The van der Waals surface area contributed by atoms with Gasteiger partial charge in [-0.05, 0) is 26.0 Å². The van der Waals surface area contributed by atoms with Crippen molar-refractivity contribution in [2.75, 3.05) is 0 Å². The van der Waals surface area contributed by atoms with E-state index in [4.69, 9.17) is 9.15 Å². The van der Waals surface area contributed by atoms with Crippen LogP contribution in [0.2, 0.25) is 0 Å². The van der Waals surface area contributed by atoms with Crippen molar-refractivity contribution in [2.24, 2.45) is 4.99 Å². The summed E-state index contributed by atoms with van der Waals surface area (Å²) in [5, 5.41) is 0.865. The maximum Gasteiger partial charge on any atom is 0.315 e. The Hall–Kier alpha value is -2.95. The number of carbonyl (C=O) groups excluding carboxylic acids is 1. The molecule has 0 saturated carbocycles. The van der Waals surface area contributed by atoms with Crippen LogP contribution in [0.25, 0.3) is 23.1 Å². The number of allylic oxidation sites excluding steroid dienone is 3. The van der Waals surface area contributed by atoms with Crippen molar-refractivity contribution in [3.63, 3.8) is 0 Å². The first-order valence-electron chi connectivity index (χ1n) is 6.83. The first-order chi connectivity index (χ1) is 10.7. The van der Waals surface area contributed by atoms with Crippen molar-refractivity contribution in [1.82, 2.24) is 4.98 Å². The van der Waals surface area contributed by atoms with Crippen LogP contribution in [-0.4, -0.2) is 17.3 Å². The van der Waals surface area contributed by atoms with Crippen molar-refractivity contribution in [2.45, 2.75) is 13.8 Å². The van der Waals surface area contributed by atoms with Gasteiger partial charge in [0.2, 0.25) is 0 Å². The number of nitrogens with zero attached hydrogens (tertiary/aromatic N) is 2. The molecular formula is C17H14N2O3. The van der Waals surface area contributed by atoms with Crippen molar-refractivity contribution in [3.8, 4) is 0 Å². The van der Waals surface area contributed by atoms with E-state index in [1.165, 1.54) is 6.08 Å². The quantitative estimate of drug-likeness (QED) is 0.640. The summed E-state index contributed by atoms with van der Waals surface area (Å²) in [6, 6.07) is 1.82. The molecule has 5 heteroatoms. The van der Waals surface area contributed by atoms with E-state index in [0.29, 0.717) is 5.76 Å². The van der Waals surface area contributed by atoms with Gasteiger partial charge in [-0.15, -0.1) is 0 Å². The topological polar surface area (TPSA) is 64.7 Å². The predicted molar refractivity (Wildman–Crippen MR) is 85.2 cm³/mol. The van der Waals surface area contributed by atoms with E-state index in [1.54, 1.807) is 6.20 Å². The lowest BCUT2D eigenvalue weighted by molar-refractivity contribution is -0.115. The third-order valence-corrected chi connectivity index (χ3v) is 3.21. The number of furan rings is 1. The van der Waals surface area contributed by atoms with Crippen LogP contribution in [0.15, 0.2) is 45.7 Å². The summed E-state index contributed by atoms with van der Waals surface area (Å²) in [5.74, 6) is 0.259. The molecule has 0 radical (unpaired) electrons. The molecule has 1 aliphatic rings. The zero-order valence-corrected chi connectivity index (χ0v) is 12.2. The number of amides is 1. The van der Waals surface area contributed by atoms with Gasteiger partial charge in [-0.1, -0.05) is 18.2 Å². The molecule has 1 aliphatic heterocycles. The maximum absolute atomic E-state index is 11.4. The average Bonchev–Trinajstić information content (AvgIpc) is 3.09. The molecule has 0 saturated heterocycles. The molecule has 0 aromatic carbocycles. The van der Waals surface area contributed by atoms with Crippen molar-refractivity contribution in [1.29, 1.82) is 0 Å². The number of ether oxygens (including phenoxy) is 1. The van der Waals surface area contributed by atoms with Crippen molar-refractivity contribution in [3.05, 3.63) is 53.3 Å². The fourth-order valence-corrected chi connectivity index (χ4v) is 2.13. The summed E-state index contributed by atoms with van der Waals surface area (Å²) in [4.78, 5) is 19.3. The molecule has 0 bridgehead atoms. The van der Waals surface area contributed by atoms with Gasteiger partial charge in [0.05, 0.1) is 0 Å². The van der Waals surface area contributed by atoms with Crippen molar-refractivity contribution < 1.29 is 13.9 Å². The number of hydrogen-bond acceptors (Lipinski definition) is 4. The van der Waals surface area contributed by atoms with Gasteiger partial charge in [-0.2, -0.15) is 4.99 Å². The second-order valence-electron chi connectivity index (χ2n) is 4.74. The highest BCUT2D eigenvalue weighted by atomic mass is 16.5. The fourth-order valence-electron chi connectivity index (χ4n) is 2.13. The molecule has 3 heterocycles. The van der Waals surface area contributed by atoms with Crippen LogP contribution in [0.1, 0.15) is 23.9 Å². The number of rotatable bonds is 3. The Morgan fingerprint density at radius 1 is 1.27 bits per heavy atom. The first kappa shape index (κ1) is 14.0. The minimum absolute atomic E-state index is 0.148. The third kappa shape index (κ3) is 2.61. The Bertz CT molecular complexity index is 854. The summed E-state index contributed by atoms with van der Waals surface area (Å²) in [5.41, 5.74) is 2.51. The van der Waals surface area contributed by atoms with Crippen LogP contribution >= 0.6 is 0 Å². The molecular weight excluding hydrogens is 280 g/mol. The zero-order valence-electron chi connectivity index (χ0n) is 12.2. The van der Waals surface area contributed by atoms with Crippen LogP contribution in [0.4, 0.5) is 0 Å². The first-order valence-corrected chi connectivity index (χ1v) is 6.83. The van der Waals surface area contributed by atoms with Crippen LogP contribution in [0.5, 0.6) is 0 Å². The Balaban J connectivity index is 2.06. The Morgan fingerprint density at radius 3 is 2.86 bits per heavy atom. The Kier molecular flexibility index (Phi) is 3.70. The largest absolute Gasteiger partial charge is 0.456 e. The van der Waals surface area contributed by atoms with Crippen LogP contribution in [-0.2, 0) is 9.53 Å². The van der Waals surface area contributed by atoms with Gasteiger partial charge in [0.1, 0.15) is 11.3 Å². The highest BCUT2D eigenvalue weighted by molar-refractivity contribution is 6.04. The number of aliphatic imine (C=N–C) groups is 1. The zero-order chi connectivity index (χ0) is 15.5. The summed E-state index contributed by atoms with van der Waals surface area (Å²) in [6.45, 7) is 3.88. The standard InChI is InChI=1S/C17H14N2O3/c1-3-4-5-6-14-11(2)18-9-12-7-13(22-16(12)14)8-15-17(20)19-10-21-15/h3-10H,1-2H3/b4-3-,6-5-,15-8-. The lowest BCUT2D eigenvalue weighted by Gasteiger charge is -1.99. The molecule has 0 atom stereocenters. The molecule has 0 N–H and O–H groups in total. The van der Waals surface area contributed by atoms with Crippen LogP contribution in [0, 0.1) is 6.92 Å². The molecule has 2 aromatic heterocycles. The number of carbonyl (C=O) groups is 1. The Labute approximate surface area is 127 Å². The van der Waals surface area contributed by atoms with E-state index in [0.717, 1.165) is 28.6 Å². The average molecular weight is 294 g/mol. The molecule has 2 aromatic rings. The molecule has 5 nitrogen and oxygen atoms in total. The maximum atomic E-state index is 11.4. The molecule has 0 spiro atoms. The number of hydrogen-bond donors (Lipinski definition) is 0. The van der Waals surface area contributed by atoms with E-state index < -0.39 is 5.91 Å². The summed E-state index contributed by atoms with van der Waals surface area (Å²) in [7, 11) is 0. The molecule has 0 fully saturated rings. The molecule has 110 valence electrons. The minimum Gasteiger partial charge on any atom is -0.456 e. The second kappa shape index (κ2) is 5.81. The normalized spacial score (nSPS) is 16.6. The summed E-state index contributed by atoms with van der Waals surface area (Å²) >= 11 is 0. The van der Waals surface area contributed by atoms with Crippen LogP contribution < -0.4 is 0 Å². The van der Waals surface area contributed by atoms with E-state index in [2.05, 4.69) is 9.98 Å². The number of fused-ring (bicyclic) bond motifs is 1. The molecule has 1 amide bonds. The van der Waals surface area contributed by atoms with Gasteiger partial charge in [0.25, 0.3) is 0 Å². The summed E-state index contributed by atoms with van der Waals surface area (Å²) < 4.78 is 10.9. The molecule has 3 rings (SSSR count). The van der Waals surface area contributed by atoms with E-state index in [1.807, 2.05) is 44.2 Å². The highest BCUT2D eigenvalue weighted by Crippen LogP contribution is 2.27.